The van der Waals surface area contributed by atoms with Gasteiger partial charge in [0.1, 0.15) is 0 Å². The molecule has 1 nitrogen and oxygen atoms in total. The van der Waals surface area contributed by atoms with E-state index in [4.69, 9.17) is 0 Å². The second-order valence-electron chi connectivity index (χ2n) is 3.48. The summed E-state index contributed by atoms with van der Waals surface area (Å²) in [6.07, 6.45) is -0.751. The second-order valence-corrected chi connectivity index (χ2v) is 3.48. The Balaban J connectivity index is 2.13. The summed E-state index contributed by atoms with van der Waals surface area (Å²) in [4.78, 5) is 0. The van der Waals surface area contributed by atoms with Gasteiger partial charge in [0.25, 0.3) is 0 Å². The van der Waals surface area contributed by atoms with E-state index in [9.17, 15) is 13.2 Å². The highest BCUT2D eigenvalue weighted by molar-refractivity contribution is 4.79. The molecule has 1 N–H and O–H groups in total. The predicted octanol–water partition coefficient (Wildman–Crippen LogP) is 2.33. The Kier molecular flexibility index (Phi) is 2.99. The number of hydrogen-bond donors (Lipinski definition) is 1. The first-order valence-corrected chi connectivity index (χ1v) is 4.29. The molecule has 0 aliphatic heterocycles. The normalized spacial score (nSPS) is 22.0. The SMILES string of the molecule is CC(NCC(F)(F)F)C1CCC1. The summed E-state index contributed by atoms with van der Waals surface area (Å²) < 4.78 is 35.2. The third-order valence-electron chi connectivity index (χ3n) is 2.48. The van der Waals surface area contributed by atoms with E-state index >= 15 is 0 Å². The maximum Gasteiger partial charge on any atom is 0.401 e. The molecule has 12 heavy (non-hydrogen) atoms. The number of hydrogen-bond acceptors (Lipinski definition) is 1. The summed E-state index contributed by atoms with van der Waals surface area (Å²) in [7, 11) is 0. The van der Waals surface area contributed by atoms with Gasteiger partial charge in [0, 0.05) is 6.04 Å². The van der Waals surface area contributed by atoms with Gasteiger partial charge in [0.2, 0.25) is 0 Å². The molecule has 1 aliphatic rings. The van der Waals surface area contributed by atoms with Gasteiger partial charge in [-0.1, -0.05) is 6.42 Å². The third kappa shape index (κ3) is 3.01. The average molecular weight is 181 g/mol. The van der Waals surface area contributed by atoms with Crippen LogP contribution < -0.4 is 5.32 Å². The lowest BCUT2D eigenvalue weighted by Gasteiger charge is -2.32. The minimum atomic E-state index is -4.07. The van der Waals surface area contributed by atoms with Crippen LogP contribution in [0.4, 0.5) is 13.2 Å². The Morgan fingerprint density at radius 3 is 2.33 bits per heavy atom. The molecule has 1 rings (SSSR count). The average Bonchev–Trinajstić information content (AvgIpc) is 1.78. The van der Waals surface area contributed by atoms with Crippen LogP contribution in [0.1, 0.15) is 26.2 Å². The van der Waals surface area contributed by atoms with Crippen molar-refractivity contribution in [2.75, 3.05) is 6.54 Å². The Hall–Kier alpha value is -0.250. The molecule has 0 aromatic carbocycles. The Labute approximate surface area is 70.3 Å². The van der Waals surface area contributed by atoms with Crippen LogP contribution in [-0.2, 0) is 0 Å². The molecule has 1 fully saturated rings. The molecule has 1 unspecified atom stereocenters. The van der Waals surface area contributed by atoms with E-state index in [-0.39, 0.29) is 6.04 Å². The Morgan fingerprint density at radius 2 is 2.00 bits per heavy atom. The third-order valence-corrected chi connectivity index (χ3v) is 2.48. The monoisotopic (exact) mass is 181 g/mol. The van der Waals surface area contributed by atoms with Crippen molar-refractivity contribution in [1.29, 1.82) is 0 Å². The molecule has 1 saturated carbocycles. The molecular formula is C8H14F3N. The van der Waals surface area contributed by atoms with Crippen LogP contribution >= 0.6 is 0 Å². The van der Waals surface area contributed by atoms with Gasteiger partial charge in [-0.25, -0.2) is 0 Å². The predicted molar refractivity (Wildman–Crippen MR) is 40.9 cm³/mol. The van der Waals surface area contributed by atoms with Crippen molar-refractivity contribution in [3.05, 3.63) is 0 Å². The highest BCUT2D eigenvalue weighted by atomic mass is 19.4. The van der Waals surface area contributed by atoms with Gasteiger partial charge in [-0.3, -0.25) is 0 Å². The minimum absolute atomic E-state index is 0.0142. The smallest absolute Gasteiger partial charge is 0.306 e. The second kappa shape index (κ2) is 3.64. The fourth-order valence-electron chi connectivity index (χ4n) is 1.38. The lowest BCUT2D eigenvalue weighted by molar-refractivity contribution is -0.127. The van der Waals surface area contributed by atoms with E-state index in [2.05, 4.69) is 5.32 Å². The van der Waals surface area contributed by atoms with Crippen LogP contribution in [0.15, 0.2) is 0 Å². The van der Waals surface area contributed by atoms with E-state index in [0.29, 0.717) is 5.92 Å². The van der Waals surface area contributed by atoms with Crippen molar-refractivity contribution in [2.24, 2.45) is 5.92 Å². The van der Waals surface area contributed by atoms with E-state index in [1.165, 1.54) is 6.42 Å². The lowest BCUT2D eigenvalue weighted by Crippen LogP contribution is -2.41. The standard InChI is InChI=1S/C8H14F3N/c1-6(7-3-2-4-7)12-5-8(9,10)11/h6-7,12H,2-5H2,1H3. The number of rotatable bonds is 3. The van der Waals surface area contributed by atoms with Crippen LogP contribution in [0.25, 0.3) is 0 Å². The van der Waals surface area contributed by atoms with Gasteiger partial charge < -0.3 is 5.32 Å². The Morgan fingerprint density at radius 1 is 1.42 bits per heavy atom. The van der Waals surface area contributed by atoms with Crippen LogP contribution in [0.5, 0.6) is 0 Å². The Bertz CT molecular complexity index is 140. The van der Waals surface area contributed by atoms with Crippen LogP contribution in [0, 0.1) is 5.92 Å². The zero-order chi connectivity index (χ0) is 9.19. The molecule has 0 amide bonds. The molecule has 0 aromatic rings. The minimum Gasteiger partial charge on any atom is -0.306 e. The van der Waals surface area contributed by atoms with Crippen LogP contribution in [0.2, 0.25) is 0 Å². The van der Waals surface area contributed by atoms with Crippen molar-refractivity contribution in [2.45, 2.75) is 38.4 Å². The first kappa shape index (κ1) is 9.84. The van der Waals surface area contributed by atoms with E-state index < -0.39 is 12.7 Å². The maximum absolute atomic E-state index is 11.7. The van der Waals surface area contributed by atoms with E-state index in [1.54, 1.807) is 0 Å². The number of nitrogens with one attached hydrogen (secondary N) is 1. The molecular weight excluding hydrogens is 167 g/mol. The van der Waals surface area contributed by atoms with Gasteiger partial charge in [-0.05, 0) is 25.7 Å². The zero-order valence-electron chi connectivity index (χ0n) is 7.12. The summed E-state index contributed by atoms with van der Waals surface area (Å²) in [5.74, 6) is 0.465. The summed E-state index contributed by atoms with van der Waals surface area (Å²) >= 11 is 0. The van der Waals surface area contributed by atoms with Gasteiger partial charge in [-0.2, -0.15) is 13.2 Å². The van der Waals surface area contributed by atoms with Crippen LogP contribution in [0.3, 0.4) is 0 Å². The summed E-state index contributed by atoms with van der Waals surface area (Å²) in [6.45, 7) is 0.972. The highest BCUT2D eigenvalue weighted by Crippen LogP contribution is 2.29. The van der Waals surface area contributed by atoms with Crippen molar-refractivity contribution in [3.63, 3.8) is 0 Å². The summed E-state index contributed by atoms with van der Waals surface area (Å²) in [5, 5.41) is 2.50. The van der Waals surface area contributed by atoms with Crippen molar-refractivity contribution in [3.8, 4) is 0 Å². The van der Waals surface area contributed by atoms with Gasteiger partial charge >= 0.3 is 6.18 Å². The van der Waals surface area contributed by atoms with Crippen molar-refractivity contribution >= 4 is 0 Å². The molecule has 0 aromatic heterocycles. The lowest BCUT2D eigenvalue weighted by atomic mass is 9.80. The maximum atomic E-state index is 11.7. The fourth-order valence-corrected chi connectivity index (χ4v) is 1.38. The van der Waals surface area contributed by atoms with Crippen LogP contribution in [-0.4, -0.2) is 18.8 Å². The number of alkyl halides is 3. The molecule has 1 aliphatic carbocycles. The first-order valence-electron chi connectivity index (χ1n) is 4.29. The van der Waals surface area contributed by atoms with E-state index in [1.807, 2.05) is 6.92 Å². The van der Waals surface area contributed by atoms with Crippen molar-refractivity contribution < 1.29 is 13.2 Å². The van der Waals surface area contributed by atoms with Gasteiger partial charge in [-0.15, -0.1) is 0 Å². The molecule has 0 radical (unpaired) electrons. The van der Waals surface area contributed by atoms with Gasteiger partial charge in [0.05, 0.1) is 6.54 Å². The summed E-state index contributed by atoms with van der Waals surface area (Å²) in [6, 6.07) is 0.0142. The molecule has 1 atom stereocenters. The quantitative estimate of drug-likeness (QED) is 0.704. The topological polar surface area (TPSA) is 12.0 Å². The molecule has 0 spiro atoms. The number of halogens is 3. The molecule has 72 valence electrons. The highest BCUT2D eigenvalue weighted by Gasteiger charge is 2.30. The zero-order valence-corrected chi connectivity index (χ0v) is 7.12. The summed E-state index contributed by atoms with van der Waals surface area (Å²) in [5.41, 5.74) is 0. The first-order chi connectivity index (χ1) is 5.49. The molecule has 0 bridgehead atoms. The van der Waals surface area contributed by atoms with Gasteiger partial charge in [0.15, 0.2) is 0 Å². The molecule has 4 heteroatoms. The largest absolute Gasteiger partial charge is 0.401 e. The molecule has 0 saturated heterocycles. The fraction of sp³-hybridized carbons (Fsp3) is 1.00. The van der Waals surface area contributed by atoms with Crippen molar-refractivity contribution in [1.82, 2.24) is 5.32 Å². The van der Waals surface area contributed by atoms with E-state index in [0.717, 1.165) is 12.8 Å². The molecule has 0 heterocycles.